The van der Waals surface area contributed by atoms with Crippen molar-refractivity contribution in [3.05, 3.63) is 293 Å². The molecule has 0 radical (unpaired) electrons. The average molecular weight is 936 g/mol. The van der Waals surface area contributed by atoms with Crippen LogP contribution in [0.25, 0.3) is 55.3 Å². The molecule has 0 unspecified atom stereocenters. The van der Waals surface area contributed by atoms with Crippen LogP contribution in [0.15, 0.2) is 263 Å². The van der Waals surface area contributed by atoms with Crippen molar-refractivity contribution in [2.75, 3.05) is 4.90 Å². The highest BCUT2D eigenvalue weighted by Crippen LogP contribution is 2.65. The van der Waals surface area contributed by atoms with Crippen molar-refractivity contribution in [2.45, 2.75) is 20.6 Å². The lowest BCUT2D eigenvalue weighted by Gasteiger charge is -2.40. The van der Waals surface area contributed by atoms with Gasteiger partial charge in [-0.15, -0.1) is 0 Å². The highest BCUT2D eigenvalue weighted by atomic mass is 32.2. The summed E-state index contributed by atoms with van der Waals surface area (Å²) in [6, 6.07) is 91.8. The minimum Gasteiger partial charge on any atom is -0.457 e. The van der Waals surface area contributed by atoms with E-state index in [4.69, 9.17) is 9.15 Å². The Balaban J connectivity index is 0.944. The van der Waals surface area contributed by atoms with Gasteiger partial charge >= 0.3 is 0 Å². The third kappa shape index (κ3) is 5.26. The average Bonchev–Trinajstić information content (AvgIpc) is 4.06. The number of benzene rings is 11. The number of fused-ring (bicyclic) bond motifs is 21. The second kappa shape index (κ2) is 14.8. The van der Waals surface area contributed by atoms with Crippen molar-refractivity contribution < 1.29 is 9.15 Å². The molecule has 0 atom stereocenters. The predicted octanol–water partition coefficient (Wildman–Crippen LogP) is 18.0. The summed E-state index contributed by atoms with van der Waals surface area (Å²) in [4.78, 5) is 5.06. The van der Waals surface area contributed by atoms with Gasteiger partial charge in [0.1, 0.15) is 22.7 Å². The topological polar surface area (TPSA) is 25.6 Å². The zero-order chi connectivity index (χ0) is 47.1. The van der Waals surface area contributed by atoms with Crippen molar-refractivity contribution >= 4 is 50.8 Å². The van der Waals surface area contributed by atoms with Gasteiger partial charge in [0.15, 0.2) is 0 Å². The highest BCUT2D eigenvalue weighted by molar-refractivity contribution is 7.99. The van der Waals surface area contributed by atoms with E-state index in [2.05, 4.69) is 241 Å². The number of para-hydroxylation sites is 3. The summed E-state index contributed by atoms with van der Waals surface area (Å²) >= 11 is 1.88. The van der Waals surface area contributed by atoms with E-state index < -0.39 is 10.8 Å². The molecule has 3 heterocycles. The number of furan rings is 1. The third-order valence-corrected chi connectivity index (χ3v) is 17.2. The van der Waals surface area contributed by atoms with E-state index in [1.807, 2.05) is 23.9 Å². The monoisotopic (exact) mass is 935 g/mol. The van der Waals surface area contributed by atoms with Gasteiger partial charge in [-0.2, -0.15) is 0 Å². The summed E-state index contributed by atoms with van der Waals surface area (Å²) in [6.45, 7) is 0. The predicted molar refractivity (Wildman–Crippen MR) is 293 cm³/mol. The van der Waals surface area contributed by atoms with E-state index in [1.165, 1.54) is 65.4 Å². The van der Waals surface area contributed by atoms with Gasteiger partial charge in [0.25, 0.3) is 0 Å². The van der Waals surface area contributed by atoms with Gasteiger partial charge in [0.05, 0.1) is 10.8 Å². The molecule has 4 heteroatoms. The molecule has 0 N–H and O–H groups in total. The van der Waals surface area contributed by atoms with E-state index in [0.717, 1.165) is 72.8 Å². The Morgan fingerprint density at radius 1 is 0.306 bits per heavy atom. The molecule has 0 amide bonds. The maximum Gasteiger partial charge on any atom is 0.135 e. The molecule has 11 aromatic carbocycles. The third-order valence-electron chi connectivity index (χ3n) is 16.0. The molecule has 12 aromatic rings. The fraction of sp³-hybridized carbons (Fsp3) is 0.0294. The number of anilines is 3. The lowest BCUT2D eigenvalue weighted by molar-refractivity contribution is 0.436. The molecule has 2 spiro atoms. The lowest BCUT2D eigenvalue weighted by Crippen LogP contribution is -2.32. The number of ether oxygens (including phenoxy) is 1. The Kier molecular flexibility index (Phi) is 8.24. The van der Waals surface area contributed by atoms with Gasteiger partial charge in [0.2, 0.25) is 0 Å². The first-order chi connectivity index (χ1) is 35.7. The van der Waals surface area contributed by atoms with Crippen LogP contribution in [0.5, 0.6) is 11.5 Å². The minimum atomic E-state index is -0.615. The highest BCUT2D eigenvalue weighted by Gasteiger charge is 2.52. The second-order valence-electron chi connectivity index (χ2n) is 19.4. The molecule has 4 aliphatic rings. The molecule has 0 bridgehead atoms. The van der Waals surface area contributed by atoms with Crippen molar-refractivity contribution in [2.24, 2.45) is 0 Å². The van der Waals surface area contributed by atoms with Crippen molar-refractivity contribution in [3.8, 4) is 44.9 Å². The number of nitrogens with zero attached hydrogens (tertiary/aromatic N) is 1. The molecule has 1 aromatic heterocycles. The van der Waals surface area contributed by atoms with Crippen LogP contribution in [0.4, 0.5) is 17.1 Å². The van der Waals surface area contributed by atoms with Gasteiger partial charge in [-0.1, -0.05) is 182 Å². The first kappa shape index (κ1) is 40.0. The van der Waals surface area contributed by atoms with Crippen LogP contribution in [-0.4, -0.2) is 0 Å². The molecule has 3 nitrogen and oxygen atoms in total. The Bertz CT molecular complexity index is 3970. The van der Waals surface area contributed by atoms with E-state index in [0.29, 0.717) is 0 Å². The van der Waals surface area contributed by atoms with Crippen molar-refractivity contribution in [3.63, 3.8) is 0 Å². The van der Waals surface area contributed by atoms with E-state index in [1.54, 1.807) is 0 Å². The molecule has 16 rings (SSSR count). The molecule has 2 aliphatic heterocycles. The maximum absolute atomic E-state index is 6.76. The Morgan fingerprint density at radius 2 is 0.750 bits per heavy atom. The molecular weight excluding hydrogens is 895 g/mol. The molecule has 0 saturated heterocycles. The van der Waals surface area contributed by atoms with Crippen LogP contribution in [0, 0.1) is 0 Å². The van der Waals surface area contributed by atoms with E-state index in [-0.39, 0.29) is 0 Å². The lowest BCUT2D eigenvalue weighted by atomic mass is 9.66. The van der Waals surface area contributed by atoms with Gasteiger partial charge in [0, 0.05) is 48.8 Å². The summed E-state index contributed by atoms with van der Waals surface area (Å²) < 4.78 is 13.0. The molecular formula is C68H41NO2S. The summed E-state index contributed by atoms with van der Waals surface area (Å²) in [5.74, 6) is 1.76. The summed E-state index contributed by atoms with van der Waals surface area (Å²) in [5, 5.41) is 2.25. The molecule has 72 heavy (non-hydrogen) atoms. The van der Waals surface area contributed by atoms with Crippen LogP contribution in [-0.2, 0) is 10.8 Å². The van der Waals surface area contributed by atoms with Crippen LogP contribution in [0.2, 0.25) is 0 Å². The smallest absolute Gasteiger partial charge is 0.135 e. The van der Waals surface area contributed by atoms with Crippen molar-refractivity contribution in [1.29, 1.82) is 0 Å². The Hall–Kier alpha value is -8.83. The number of rotatable bonds is 4. The summed E-state index contributed by atoms with van der Waals surface area (Å²) in [5.41, 5.74) is 21.3. The molecule has 336 valence electrons. The van der Waals surface area contributed by atoms with E-state index in [9.17, 15) is 0 Å². The first-order valence-corrected chi connectivity index (χ1v) is 25.5. The fourth-order valence-electron chi connectivity index (χ4n) is 13.1. The maximum atomic E-state index is 6.76. The zero-order valence-corrected chi connectivity index (χ0v) is 39.7. The fourth-order valence-corrected chi connectivity index (χ4v) is 14.3. The SMILES string of the molecule is c1ccc2c(c1)Oc1ccccc1C21c2ccccc2-c2ccc(N(c3ccc(-c4ccc5oc6ccccc6c5c4)cc3)c3ccc4c(c3)C3(c5ccccc5Sc5ccccc53)c3ccccc3-4)cc21. The minimum absolute atomic E-state index is 0.523. The largest absolute Gasteiger partial charge is 0.457 e. The van der Waals surface area contributed by atoms with Crippen LogP contribution < -0.4 is 9.64 Å². The molecule has 0 saturated carbocycles. The quantitative estimate of drug-likeness (QED) is 0.176. The van der Waals surface area contributed by atoms with Gasteiger partial charge in [-0.3, -0.25) is 0 Å². The van der Waals surface area contributed by atoms with Crippen LogP contribution in [0.1, 0.15) is 44.5 Å². The van der Waals surface area contributed by atoms with Gasteiger partial charge in [-0.25, -0.2) is 0 Å². The van der Waals surface area contributed by atoms with Crippen molar-refractivity contribution in [1.82, 2.24) is 0 Å². The number of hydrogen-bond donors (Lipinski definition) is 0. The summed E-state index contributed by atoms with van der Waals surface area (Å²) in [7, 11) is 0. The Labute approximate surface area is 421 Å². The van der Waals surface area contributed by atoms with Crippen LogP contribution >= 0.6 is 11.8 Å². The second-order valence-corrected chi connectivity index (χ2v) is 20.5. The zero-order valence-electron chi connectivity index (χ0n) is 38.8. The van der Waals surface area contributed by atoms with Crippen LogP contribution in [0.3, 0.4) is 0 Å². The van der Waals surface area contributed by atoms with E-state index >= 15 is 0 Å². The number of hydrogen-bond acceptors (Lipinski definition) is 4. The van der Waals surface area contributed by atoms with Gasteiger partial charge < -0.3 is 14.1 Å². The molecule has 0 fully saturated rings. The molecule has 2 aliphatic carbocycles. The summed E-state index contributed by atoms with van der Waals surface area (Å²) in [6.07, 6.45) is 0. The Morgan fingerprint density at radius 3 is 1.36 bits per heavy atom. The van der Waals surface area contributed by atoms with Gasteiger partial charge in [-0.05, 0) is 146 Å². The standard InChI is InChI=1S/C68H41NO2S/c1-4-18-53-47(15-1)49-36-34-45(40-59(49)67(53)55-20-6-11-25-63(55)71-64-26-12-7-21-56(64)67)69(44-32-29-42(30-33-44)43-31-38-62-52(39-43)51-17-3-10-24-61(51)70-62)46-35-37-50-48-16-2-5-19-54(48)68(60(50)41-46)57-22-8-13-27-65(57)72-66-28-14-9-23-58(66)68/h1-41H. The normalized spacial score (nSPS) is 14.4. The first-order valence-electron chi connectivity index (χ1n) is 24.7.